The number of nitrogen functional groups attached to an aromatic ring is 1. The summed E-state index contributed by atoms with van der Waals surface area (Å²) < 4.78 is 1.93. The van der Waals surface area contributed by atoms with E-state index in [0.29, 0.717) is 16.9 Å². The Morgan fingerprint density at radius 2 is 1.74 bits per heavy atom. The number of hydrogen-bond acceptors (Lipinski definition) is 6. The van der Waals surface area contributed by atoms with E-state index in [1.165, 1.54) is 5.56 Å². The Morgan fingerprint density at radius 3 is 2.53 bits per heavy atom. The summed E-state index contributed by atoms with van der Waals surface area (Å²) in [5.74, 6) is 6.36. The van der Waals surface area contributed by atoms with Crippen LogP contribution in [0.5, 0.6) is 0 Å². The number of amides is 1. The molecule has 1 aliphatic rings. The van der Waals surface area contributed by atoms with E-state index in [9.17, 15) is 4.79 Å². The third kappa shape index (κ3) is 6.44. The highest BCUT2D eigenvalue weighted by atomic mass is 16.1. The van der Waals surface area contributed by atoms with Gasteiger partial charge in [-0.1, -0.05) is 30.2 Å². The Morgan fingerprint density at radius 1 is 0.953 bits per heavy atom. The van der Waals surface area contributed by atoms with Crippen LogP contribution in [0.15, 0.2) is 79.3 Å². The van der Waals surface area contributed by atoms with Gasteiger partial charge in [-0.3, -0.25) is 19.1 Å². The lowest BCUT2D eigenvalue weighted by molar-refractivity contribution is 0.102. The van der Waals surface area contributed by atoms with Crippen LogP contribution in [0.4, 0.5) is 11.4 Å². The minimum absolute atomic E-state index is 0.147. The van der Waals surface area contributed by atoms with E-state index in [0.717, 1.165) is 72.1 Å². The Balaban J connectivity index is 1.21. The van der Waals surface area contributed by atoms with Crippen LogP contribution in [0.1, 0.15) is 38.3 Å². The SMILES string of the molecule is Cc1cc(CN2CCN(C)CC2)cc(NC(=O)c2cccc(C#Cc3cnc4cnc(-c5ccc(N)cc5)cn34)c2C)c1. The number of nitrogens with zero attached hydrogens (tertiary/aromatic N) is 5. The predicted octanol–water partition coefficient (Wildman–Crippen LogP) is 4.99. The van der Waals surface area contributed by atoms with Crippen molar-refractivity contribution in [1.29, 1.82) is 0 Å². The first-order valence-corrected chi connectivity index (χ1v) is 14.5. The van der Waals surface area contributed by atoms with Crippen LogP contribution >= 0.6 is 0 Å². The molecule has 6 rings (SSSR count). The van der Waals surface area contributed by atoms with Crippen LogP contribution < -0.4 is 11.1 Å². The Hall–Kier alpha value is -4.97. The van der Waals surface area contributed by atoms with Crippen LogP contribution in [0.2, 0.25) is 0 Å². The molecule has 8 heteroatoms. The van der Waals surface area contributed by atoms with E-state index in [-0.39, 0.29) is 5.91 Å². The molecule has 8 nitrogen and oxygen atoms in total. The van der Waals surface area contributed by atoms with E-state index in [1.54, 1.807) is 12.4 Å². The monoisotopic (exact) mass is 569 g/mol. The standard InChI is InChI=1S/C35H35N7O/c1-24-17-26(22-41-15-13-40(3)14-16-41)19-30(18-24)39-35(43)32-6-4-5-27(25(32)2)9-12-31-20-38-34-21-37-33(23-42(31)34)28-7-10-29(36)11-8-28/h4-8,10-11,17-21,23H,13-16,22,36H2,1-3H3,(H,39,43). The number of aromatic nitrogens is 3. The zero-order chi connectivity index (χ0) is 29.9. The second-order valence-electron chi connectivity index (χ2n) is 11.2. The fourth-order valence-corrected chi connectivity index (χ4v) is 5.42. The zero-order valence-electron chi connectivity index (χ0n) is 24.8. The maximum atomic E-state index is 13.4. The molecule has 3 aromatic carbocycles. The summed E-state index contributed by atoms with van der Waals surface area (Å²) in [6.45, 7) is 9.14. The number of hydrogen-bond donors (Lipinski definition) is 2. The molecule has 216 valence electrons. The van der Waals surface area contributed by atoms with Gasteiger partial charge in [-0.15, -0.1) is 0 Å². The highest BCUT2D eigenvalue weighted by Crippen LogP contribution is 2.21. The summed E-state index contributed by atoms with van der Waals surface area (Å²) in [6.07, 6.45) is 5.39. The molecule has 0 atom stereocenters. The summed E-state index contributed by atoms with van der Waals surface area (Å²) in [5.41, 5.74) is 15.1. The smallest absolute Gasteiger partial charge is 0.255 e. The molecule has 1 aliphatic heterocycles. The van der Waals surface area contributed by atoms with Crippen molar-refractivity contribution in [3.8, 4) is 23.1 Å². The van der Waals surface area contributed by atoms with Crippen LogP contribution in [0, 0.1) is 25.7 Å². The lowest BCUT2D eigenvalue weighted by atomic mass is 10.0. The van der Waals surface area contributed by atoms with Gasteiger partial charge in [0.1, 0.15) is 5.69 Å². The minimum atomic E-state index is -0.147. The molecular formula is C35H35N7O. The molecule has 1 amide bonds. The number of likely N-dealkylation sites (N-methyl/N-ethyl adjacent to an activating group) is 1. The lowest BCUT2D eigenvalue weighted by Crippen LogP contribution is -2.43. The van der Waals surface area contributed by atoms with Gasteiger partial charge in [0.25, 0.3) is 5.91 Å². The number of carbonyl (C=O) groups is 1. The van der Waals surface area contributed by atoms with Gasteiger partial charge in [-0.25, -0.2) is 4.98 Å². The average molecular weight is 570 g/mol. The molecule has 2 aromatic heterocycles. The van der Waals surface area contributed by atoms with Gasteiger partial charge < -0.3 is 16.0 Å². The van der Waals surface area contributed by atoms with Crippen LogP contribution in [-0.4, -0.2) is 63.3 Å². The summed E-state index contributed by atoms with van der Waals surface area (Å²) >= 11 is 0. The van der Waals surface area contributed by atoms with Crippen molar-refractivity contribution in [3.05, 3.63) is 113 Å². The number of nitrogens with two attached hydrogens (primary N) is 1. The van der Waals surface area contributed by atoms with Gasteiger partial charge in [-0.05, 0) is 79.9 Å². The Kier molecular flexibility index (Phi) is 7.93. The van der Waals surface area contributed by atoms with Crippen molar-refractivity contribution in [2.45, 2.75) is 20.4 Å². The van der Waals surface area contributed by atoms with Crippen molar-refractivity contribution in [2.24, 2.45) is 0 Å². The lowest BCUT2D eigenvalue weighted by Gasteiger charge is -2.32. The summed E-state index contributed by atoms with van der Waals surface area (Å²) in [7, 11) is 2.16. The van der Waals surface area contributed by atoms with Crippen LogP contribution in [0.3, 0.4) is 0 Å². The predicted molar refractivity (Wildman–Crippen MR) is 172 cm³/mol. The van der Waals surface area contributed by atoms with E-state index in [2.05, 4.69) is 63.0 Å². The average Bonchev–Trinajstić information content (AvgIpc) is 3.40. The molecule has 0 radical (unpaired) electrons. The number of aryl methyl sites for hydroxylation is 1. The third-order valence-corrected chi connectivity index (χ3v) is 7.90. The maximum Gasteiger partial charge on any atom is 0.255 e. The molecule has 43 heavy (non-hydrogen) atoms. The molecule has 3 N–H and O–H groups in total. The van der Waals surface area contributed by atoms with Crippen molar-refractivity contribution in [2.75, 3.05) is 44.3 Å². The zero-order valence-corrected chi connectivity index (χ0v) is 24.8. The molecule has 3 heterocycles. The molecule has 0 unspecified atom stereocenters. The minimum Gasteiger partial charge on any atom is -0.399 e. The number of carbonyl (C=O) groups excluding carboxylic acids is 1. The Bertz CT molecular complexity index is 1860. The molecule has 0 spiro atoms. The van der Waals surface area contributed by atoms with Crippen molar-refractivity contribution in [3.63, 3.8) is 0 Å². The molecule has 0 bridgehead atoms. The summed E-state index contributed by atoms with van der Waals surface area (Å²) in [4.78, 5) is 27.2. The van der Waals surface area contributed by atoms with Gasteiger partial charge in [0.05, 0.1) is 18.1 Å². The van der Waals surface area contributed by atoms with Crippen LogP contribution in [-0.2, 0) is 6.54 Å². The number of rotatable bonds is 5. The first-order valence-electron chi connectivity index (χ1n) is 14.5. The fraction of sp³-hybridized carbons (Fsp3) is 0.229. The molecule has 1 fully saturated rings. The largest absolute Gasteiger partial charge is 0.399 e. The number of fused-ring (bicyclic) bond motifs is 1. The van der Waals surface area contributed by atoms with E-state index >= 15 is 0 Å². The second-order valence-corrected chi connectivity index (χ2v) is 11.2. The molecule has 5 aromatic rings. The number of imidazole rings is 1. The van der Waals surface area contributed by atoms with E-state index in [4.69, 9.17) is 5.73 Å². The van der Waals surface area contributed by atoms with Gasteiger partial charge in [-0.2, -0.15) is 0 Å². The molecule has 0 saturated carbocycles. The number of piperazine rings is 1. The number of benzene rings is 3. The van der Waals surface area contributed by atoms with Crippen molar-refractivity contribution in [1.82, 2.24) is 24.2 Å². The quantitative estimate of drug-likeness (QED) is 0.229. The number of anilines is 2. The van der Waals surface area contributed by atoms with Gasteiger partial charge in [0.15, 0.2) is 5.65 Å². The maximum absolute atomic E-state index is 13.4. The third-order valence-electron chi connectivity index (χ3n) is 7.90. The molecule has 0 aliphatic carbocycles. The van der Waals surface area contributed by atoms with E-state index < -0.39 is 0 Å². The first kappa shape index (κ1) is 28.2. The highest BCUT2D eigenvalue weighted by Gasteiger charge is 2.16. The summed E-state index contributed by atoms with van der Waals surface area (Å²) in [5, 5.41) is 3.13. The topological polar surface area (TPSA) is 91.8 Å². The van der Waals surface area contributed by atoms with Crippen LogP contribution in [0.25, 0.3) is 16.9 Å². The second kappa shape index (κ2) is 12.1. The normalized spacial score (nSPS) is 13.9. The van der Waals surface area contributed by atoms with Gasteiger partial charge >= 0.3 is 0 Å². The van der Waals surface area contributed by atoms with E-state index in [1.807, 2.05) is 66.1 Å². The van der Waals surface area contributed by atoms with Gasteiger partial charge in [0, 0.05) is 67.0 Å². The summed E-state index contributed by atoms with van der Waals surface area (Å²) in [6, 6.07) is 19.5. The first-order chi connectivity index (χ1) is 20.8. The highest BCUT2D eigenvalue weighted by molar-refractivity contribution is 6.05. The number of nitrogens with one attached hydrogen (secondary N) is 1. The van der Waals surface area contributed by atoms with Crippen molar-refractivity contribution >= 4 is 22.9 Å². The van der Waals surface area contributed by atoms with Crippen molar-refractivity contribution < 1.29 is 4.79 Å². The molecule has 1 saturated heterocycles. The Labute approximate surface area is 252 Å². The molecular weight excluding hydrogens is 534 g/mol. The van der Waals surface area contributed by atoms with Gasteiger partial charge in [0.2, 0.25) is 0 Å². The fourth-order valence-electron chi connectivity index (χ4n) is 5.42.